The van der Waals surface area contributed by atoms with Crippen LogP contribution in [0.3, 0.4) is 0 Å². The fourth-order valence-electron chi connectivity index (χ4n) is 1.27. The second-order valence-electron chi connectivity index (χ2n) is 3.91. The predicted molar refractivity (Wildman–Crippen MR) is 79.1 cm³/mol. The van der Waals surface area contributed by atoms with Gasteiger partial charge in [-0.15, -0.1) is 11.8 Å². The SMILES string of the molecule is NC(=O)CCS(=O)(=O)CCSc1ccc(N)cc1Cl. The second kappa shape index (κ2) is 7.02. The minimum Gasteiger partial charge on any atom is -0.399 e. The summed E-state index contributed by atoms with van der Waals surface area (Å²) in [5, 5.41) is 0.500. The molecule has 0 radical (unpaired) electrons. The molecule has 0 saturated carbocycles. The quantitative estimate of drug-likeness (QED) is 0.582. The summed E-state index contributed by atoms with van der Waals surface area (Å²) in [6.45, 7) is 0. The van der Waals surface area contributed by atoms with E-state index in [1.165, 1.54) is 11.8 Å². The molecule has 1 aromatic carbocycles. The minimum atomic E-state index is -3.26. The van der Waals surface area contributed by atoms with Gasteiger partial charge in [0, 0.05) is 22.8 Å². The first kappa shape index (κ1) is 16.1. The van der Waals surface area contributed by atoms with Crippen molar-refractivity contribution in [2.24, 2.45) is 5.73 Å². The van der Waals surface area contributed by atoms with Gasteiger partial charge in [-0.25, -0.2) is 8.42 Å². The number of nitrogen functional groups attached to an aromatic ring is 1. The third-order valence-corrected chi connectivity index (χ3v) is 5.68. The number of hydrogen-bond acceptors (Lipinski definition) is 5. The van der Waals surface area contributed by atoms with Crippen molar-refractivity contribution in [2.75, 3.05) is 23.0 Å². The number of rotatable bonds is 7. The standard InChI is InChI=1S/C11H15ClN2O3S2/c12-9-7-8(13)1-2-10(9)18-4-6-19(16,17)5-3-11(14)15/h1-2,7H,3-6,13H2,(H2,14,15). The van der Waals surface area contributed by atoms with Crippen molar-refractivity contribution in [3.05, 3.63) is 23.2 Å². The van der Waals surface area contributed by atoms with Crippen LogP contribution in [0.5, 0.6) is 0 Å². The molecule has 106 valence electrons. The average molecular weight is 323 g/mol. The van der Waals surface area contributed by atoms with Crippen LogP contribution in [0.4, 0.5) is 5.69 Å². The molecule has 4 N–H and O–H groups in total. The van der Waals surface area contributed by atoms with Crippen molar-refractivity contribution in [1.82, 2.24) is 0 Å². The van der Waals surface area contributed by atoms with E-state index in [0.717, 1.165) is 4.90 Å². The summed E-state index contributed by atoms with van der Waals surface area (Å²) in [5.74, 6) is -0.479. The highest BCUT2D eigenvalue weighted by atomic mass is 35.5. The Morgan fingerprint density at radius 1 is 1.32 bits per heavy atom. The van der Waals surface area contributed by atoms with Crippen molar-refractivity contribution in [3.63, 3.8) is 0 Å². The Bertz CT molecular complexity index is 561. The Balaban J connectivity index is 2.47. The van der Waals surface area contributed by atoms with Crippen molar-refractivity contribution in [1.29, 1.82) is 0 Å². The third kappa shape index (κ3) is 6.17. The molecule has 0 spiro atoms. The maximum atomic E-state index is 11.6. The number of thioether (sulfide) groups is 1. The van der Waals surface area contributed by atoms with Gasteiger partial charge in [0.15, 0.2) is 9.84 Å². The lowest BCUT2D eigenvalue weighted by atomic mass is 10.3. The van der Waals surface area contributed by atoms with E-state index in [2.05, 4.69) is 0 Å². The normalized spacial score (nSPS) is 11.4. The molecule has 0 atom stereocenters. The van der Waals surface area contributed by atoms with E-state index in [1.54, 1.807) is 18.2 Å². The largest absolute Gasteiger partial charge is 0.399 e. The van der Waals surface area contributed by atoms with Crippen LogP contribution in [-0.4, -0.2) is 31.6 Å². The first-order valence-corrected chi connectivity index (χ1v) is 8.65. The van der Waals surface area contributed by atoms with E-state index in [9.17, 15) is 13.2 Å². The van der Waals surface area contributed by atoms with Gasteiger partial charge in [-0.05, 0) is 18.2 Å². The summed E-state index contributed by atoms with van der Waals surface area (Å²) in [7, 11) is -3.26. The van der Waals surface area contributed by atoms with Crippen LogP contribution >= 0.6 is 23.4 Å². The number of amides is 1. The lowest BCUT2D eigenvalue weighted by Crippen LogP contribution is -2.19. The molecule has 5 nitrogen and oxygen atoms in total. The molecule has 0 unspecified atom stereocenters. The van der Waals surface area contributed by atoms with Crippen molar-refractivity contribution in [3.8, 4) is 0 Å². The van der Waals surface area contributed by atoms with Gasteiger partial charge in [-0.1, -0.05) is 11.6 Å². The lowest BCUT2D eigenvalue weighted by molar-refractivity contribution is -0.117. The van der Waals surface area contributed by atoms with Gasteiger partial charge in [0.05, 0.1) is 16.5 Å². The molecular formula is C11H15ClN2O3S2. The molecule has 0 aliphatic heterocycles. The maximum Gasteiger partial charge on any atom is 0.218 e. The molecule has 0 heterocycles. The third-order valence-electron chi connectivity index (χ3n) is 2.27. The molecule has 0 fully saturated rings. The van der Waals surface area contributed by atoms with Crippen LogP contribution in [0.1, 0.15) is 6.42 Å². The number of anilines is 1. The summed E-state index contributed by atoms with van der Waals surface area (Å²) in [6.07, 6.45) is -0.143. The van der Waals surface area contributed by atoms with Crippen molar-refractivity contribution in [2.45, 2.75) is 11.3 Å². The zero-order valence-corrected chi connectivity index (χ0v) is 12.5. The molecule has 1 aromatic rings. The predicted octanol–water partition coefficient (Wildman–Crippen LogP) is 1.30. The molecule has 0 saturated heterocycles. The molecule has 0 bridgehead atoms. The Morgan fingerprint density at radius 3 is 2.58 bits per heavy atom. The van der Waals surface area contributed by atoms with Crippen LogP contribution in [-0.2, 0) is 14.6 Å². The second-order valence-corrected chi connectivity index (χ2v) is 7.75. The van der Waals surface area contributed by atoms with Gasteiger partial charge in [0.2, 0.25) is 5.91 Å². The fraction of sp³-hybridized carbons (Fsp3) is 0.364. The zero-order chi connectivity index (χ0) is 14.5. The van der Waals surface area contributed by atoms with Gasteiger partial charge in [0.25, 0.3) is 0 Å². The summed E-state index contributed by atoms with van der Waals surface area (Å²) < 4.78 is 23.2. The highest BCUT2D eigenvalue weighted by Crippen LogP contribution is 2.28. The highest BCUT2D eigenvalue weighted by molar-refractivity contribution is 8.00. The molecule has 0 aliphatic rings. The van der Waals surface area contributed by atoms with Gasteiger partial charge in [-0.2, -0.15) is 0 Å². The summed E-state index contributed by atoms with van der Waals surface area (Å²) >= 11 is 7.30. The maximum absolute atomic E-state index is 11.6. The molecule has 0 aromatic heterocycles. The smallest absolute Gasteiger partial charge is 0.218 e. The molecule has 8 heteroatoms. The first-order chi connectivity index (χ1) is 8.80. The van der Waals surface area contributed by atoms with E-state index in [1.807, 2.05) is 0 Å². The van der Waals surface area contributed by atoms with Crippen molar-refractivity contribution >= 4 is 44.8 Å². The number of benzene rings is 1. The van der Waals surface area contributed by atoms with Crippen molar-refractivity contribution < 1.29 is 13.2 Å². The average Bonchev–Trinajstić information content (AvgIpc) is 2.29. The van der Waals surface area contributed by atoms with Crippen LogP contribution in [0.2, 0.25) is 5.02 Å². The molecule has 1 amide bonds. The molecule has 19 heavy (non-hydrogen) atoms. The van der Waals surface area contributed by atoms with E-state index in [0.29, 0.717) is 16.5 Å². The molecule has 1 rings (SSSR count). The van der Waals surface area contributed by atoms with Gasteiger partial charge in [0.1, 0.15) is 0 Å². The first-order valence-electron chi connectivity index (χ1n) is 5.47. The Morgan fingerprint density at radius 2 is 2.00 bits per heavy atom. The van der Waals surface area contributed by atoms with E-state index in [4.69, 9.17) is 23.1 Å². The van der Waals surface area contributed by atoms with Crippen LogP contribution in [0.15, 0.2) is 23.1 Å². The van der Waals surface area contributed by atoms with Crippen LogP contribution < -0.4 is 11.5 Å². The highest BCUT2D eigenvalue weighted by Gasteiger charge is 2.13. The van der Waals surface area contributed by atoms with E-state index >= 15 is 0 Å². The number of hydrogen-bond donors (Lipinski definition) is 2. The topological polar surface area (TPSA) is 103 Å². The number of carbonyl (C=O) groups excluding carboxylic acids is 1. The number of nitrogens with two attached hydrogens (primary N) is 2. The number of carbonyl (C=O) groups is 1. The van der Waals surface area contributed by atoms with Gasteiger partial charge >= 0.3 is 0 Å². The Labute approximate surface area is 121 Å². The van der Waals surface area contributed by atoms with E-state index in [-0.39, 0.29) is 17.9 Å². The lowest BCUT2D eigenvalue weighted by Gasteiger charge is -2.05. The summed E-state index contributed by atoms with van der Waals surface area (Å²) in [5.41, 5.74) is 11.0. The number of primary amides is 1. The fourth-order valence-corrected chi connectivity index (χ4v) is 4.27. The van der Waals surface area contributed by atoms with Gasteiger partial charge < -0.3 is 11.5 Å². The van der Waals surface area contributed by atoms with E-state index < -0.39 is 15.7 Å². The Hall–Kier alpha value is -0.920. The minimum absolute atomic E-state index is 0.0222. The van der Waals surface area contributed by atoms with Crippen LogP contribution in [0, 0.1) is 0 Å². The van der Waals surface area contributed by atoms with Gasteiger partial charge in [-0.3, -0.25) is 4.79 Å². The zero-order valence-electron chi connectivity index (χ0n) is 10.1. The monoisotopic (exact) mass is 322 g/mol. The number of sulfone groups is 1. The summed E-state index contributed by atoms with van der Waals surface area (Å²) in [6, 6.07) is 5.07. The Kier molecular flexibility index (Phi) is 5.96. The summed E-state index contributed by atoms with van der Waals surface area (Å²) in [4.78, 5) is 11.3. The molecular weight excluding hydrogens is 308 g/mol. The number of halogens is 1. The molecule has 0 aliphatic carbocycles. The van der Waals surface area contributed by atoms with Crippen LogP contribution in [0.25, 0.3) is 0 Å².